The van der Waals surface area contributed by atoms with Crippen LogP contribution in [0, 0.1) is 0 Å². The Bertz CT molecular complexity index is 267. The second kappa shape index (κ2) is 11.1. The summed E-state index contributed by atoms with van der Waals surface area (Å²) in [5.74, 6) is 0. The van der Waals surface area contributed by atoms with Gasteiger partial charge in [0.25, 0.3) is 0 Å². The summed E-state index contributed by atoms with van der Waals surface area (Å²) in [6.07, 6.45) is 14.8. The molecule has 1 N–H and O–H groups in total. The normalized spacial score (nSPS) is 14.5. The Kier molecular flexibility index (Phi) is 11.1. The molecule has 0 aromatic carbocycles. The molecule has 0 heterocycles. The van der Waals surface area contributed by atoms with E-state index in [1.54, 1.807) is 13.3 Å². The van der Waals surface area contributed by atoms with E-state index >= 15 is 0 Å². The molecule has 0 bridgehead atoms. The van der Waals surface area contributed by atoms with E-state index in [2.05, 4.69) is 11.6 Å². The van der Waals surface area contributed by atoms with Crippen molar-refractivity contribution >= 4 is 15.1 Å². The fraction of sp³-hybridized carbons (Fsp3) is 0.929. The van der Waals surface area contributed by atoms with Gasteiger partial charge in [0.05, 0.1) is 0 Å². The Balaban J connectivity index is 3.25. The smallest absolute Gasteiger partial charge is 0.0247 e. The molecule has 1 unspecified atom stereocenters. The Morgan fingerprint density at radius 3 is 1.88 bits per heavy atom. The first kappa shape index (κ1) is 17.0. The summed E-state index contributed by atoms with van der Waals surface area (Å²) in [6.45, 7) is 2.26. The van der Waals surface area contributed by atoms with E-state index in [9.17, 15) is 4.21 Å². The van der Waals surface area contributed by atoms with Gasteiger partial charge in [-0.2, -0.15) is 0 Å². The van der Waals surface area contributed by atoms with Crippen molar-refractivity contribution in [3.8, 4) is 0 Å². The molecule has 0 aromatic rings. The largest absolute Gasteiger partial charge is 0.253 e. The molecule has 0 saturated heterocycles. The van der Waals surface area contributed by atoms with Gasteiger partial charge < -0.3 is 0 Å². The van der Waals surface area contributed by atoms with E-state index in [4.69, 9.17) is 0 Å². The topological polar surface area (TPSA) is 29.1 Å². The molecule has 104 valence electrons. The van der Waals surface area contributed by atoms with E-state index in [0.717, 1.165) is 6.42 Å². The van der Waals surface area contributed by atoms with E-state index in [0.29, 0.717) is 0 Å². The summed E-state index contributed by atoms with van der Waals surface area (Å²) < 4.78 is 14.5. The molecule has 0 aliphatic rings. The number of rotatable bonds is 11. The van der Waals surface area contributed by atoms with Crippen molar-refractivity contribution in [3.05, 3.63) is 0 Å². The highest BCUT2D eigenvalue weighted by molar-refractivity contribution is 7.98. The molecule has 0 aromatic heterocycles. The van der Waals surface area contributed by atoms with Crippen LogP contribution in [0.3, 0.4) is 0 Å². The molecule has 0 rings (SSSR count). The summed E-state index contributed by atoms with van der Waals surface area (Å²) in [4.78, 5) is 0. The standard InChI is InChI=1S/C14H31NOS/c1-4-5-6-7-8-9-10-11-12-13-14-17(3,16)15-2/h14H,4-13H2,1-3H3,(H,15,16). The zero-order valence-electron chi connectivity index (χ0n) is 12.0. The summed E-state index contributed by atoms with van der Waals surface area (Å²) in [7, 11) is -0.0931. The third-order valence-electron chi connectivity index (χ3n) is 3.15. The molecule has 3 heteroatoms. The van der Waals surface area contributed by atoms with E-state index in [1.165, 1.54) is 57.8 Å². The van der Waals surface area contributed by atoms with Gasteiger partial charge in [0.2, 0.25) is 0 Å². The van der Waals surface area contributed by atoms with Gasteiger partial charge in [-0.15, -0.1) is 0 Å². The van der Waals surface area contributed by atoms with Gasteiger partial charge in [-0.25, -0.2) is 4.72 Å². The zero-order valence-corrected chi connectivity index (χ0v) is 12.8. The first-order valence-electron chi connectivity index (χ1n) is 7.13. The lowest BCUT2D eigenvalue weighted by molar-refractivity contribution is 0.569. The first-order valence-corrected chi connectivity index (χ1v) is 9.16. The van der Waals surface area contributed by atoms with Crippen LogP contribution in [0.1, 0.15) is 71.1 Å². The Labute approximate surface area is 109 Å². The van der Waals surface area contributed by atoms with Crippen LogP contribution in [0.25, 0.3) is 0 Å². The molecule has 0 aliphatic carbocycles. The van der Waals surface area contributed by atoms with Crippen LogP contribution in [-0.4, -0.2) is 22.9 Å². The average Bonchev–Trinajstić information content (AvgIpc) is 2.31. The van der Waals surface area contributed by atoms with Crippen LogP contribution < -0.4 is 4.72 Å². The van der Waals surface area contributed by atoms with Crippen molar-refractivity contribution in [2.75, 3.05) is 13.3 Å². The minimum absolute atomic E-state index is 0.978. The maximum atomic E-state index is 11.6. The monoisotopic (exact) mass is 261 g/mol. The third kappa shape index (κ3) is 12.2. The molecule has 0 amide bonds. The van der Waals surface area contributed by atoms with Gasteiger partial charge in [-0.3, -0.25) is 4.21 Å². The number of nitrogens with one attached hydrogen (secondary N) is 1. The molecule has 0 spiro atoms. The molecule has 0 fully saturated rings. The second-order valence-electron chi connectivity index (χ2n) is 4.89. The maximum absolute atomic E-state index is 11.6. The van der Waals surface area contributed by atoms with Gasteiger partial charge in [0.1, 0.15) is 0 Å². The highest BCUT2D eigenvalue weighted by atomic mass is 32.2. The average molecular weight is 261 g/mol. The van der Waals surface area contributed by atoms with E-state index in [-0.39, 0.29) is 0 Å². The van der Waals surface area contributed by atoms with Crippen molar-refractivity contribution < 1.29 is 4.21 Å². The quantitative estimate of drug-likeness (QED) is 0.445. The van der Waals surface area contributed by atoms with Crippen LogP contribution in [-0.2, 0) is 9.71 Å². The highest BCUT2D eigenvalue weighted by Gasteiger charge is 1.94. The fourth-order valence-corrected chi connectivity index (χ4v) is 2.63. The predicted octanol–water partition coefficient (Wildman–Crippen LogP) is 3.76. The van der Waals surface area contributed by atoms with E-state index < -0.39 is 9.71 Å². The minimum Gasteiger partial charge on any atom is -0.253 e. The van der Waals surface area contributed by atoms with Crippen molar-refractivity contribution in [2.45, 2.75) is 71.1 Å². The Hall–Kier alpha value is -0.0200. The number of hydrogen-bond donors (Lipinski definition) is 1. The van der Waals surface area contributed by atoms with Crippen molar-refractivity contribution in [1.29, 1.82) is 0 Å². The molecular formula is C14H31NOS. The zero-order chi connectivity index (χ0) is 13.0. The first-order chi connectivity index (χ1) is 8.12. The summed E-state index contributed by atoms with van der Waals surface area (Å²) in [5.41, 5.74) is 0. The fourth-order valence-electron chi connectivity index (χ4n) is 1.85. The maximum Gasteiger partial charge on any atom is 0.0247 e. The van der Waals surface area contributed by atoms with Gasteiger partial charge in [-0.1, -0.05) is 58.3 Å². The van der Waals surface area contributed by atoms with Crippen LogP contribution in [0.5, 0.6) is 0 Å². The van der Waals surface area contributed by atoms with Crippen LogP contribution in [0.2, 0.25) is 0 Å². The van der Waals surface area contributed by atoms with Crippen LogP contribution in [0.4, 0.5) is 0 Å². The summed E-state index contributed by atoms with van der Waals surface area (Å²) in [5, 5.41) is 1.94. The van der Waals surface area contributed by atoms with Crippen LogP contribution in [0.15, 0.2) is 0 Å². The predicted molar refractivity (Wildman–Crippen MR) is 81.0 cm³/mol. The van der Waals surface area contributed by atoms with Crippen molar-refractivity contribution in [2.24, 2.45) is 0 Å². The van der Waals surface area contributed by atoms with Gasteiger partial charge in [0.15, 0.2) is 0 Å². The molecule has 17 heavy (non-hydrogen) atoms. The number of hydrogen-bond acceptors (Lipinski definition) is 1. The molecule has 0 radical (unpaired) electrons. The molecule has 0 aliphatic heterocycles. The SMILES string of the molecule is CCCCCCCCCCCC=S(C)(=O)NC. The van der Waals surface area contributed by atoms with Gasteiger partial charge >= 0.3 is 0 Å². The lowest BCUT2D eigenvalue weighted by Crippen LogP contribution is -2.18. The molecule has 1 atom stereocenters. The minimum atomic E-state index is -1.85. The summed E-state index contributed by atoms with van der Waals surface area (Å²) in [6, 6.07) is 0. The Morgan fingerprint density at radius 1 is 0.941 bits per heavy atom. The molecule has 2 nitrogen and oxygen atoms in total. The second-order valence-corrected chi connectivity index (χ2v) is 7.44. The third-order valence-corrected chi connectivity index (χ3v) is 4.83. The highest BCUT2D eigenvalue weighted by Crippen LogP contribution is 2.10. The summed E-state index contributed by atoms with van der Waals surface area (Å²) >= 11 is 0. The lowest BCUT2D eigenvalue weighted by atomic mass is 10.1. The Morgan fingerprint density at radius 2 is 1.41 bits per heavy atom. The molecule has 0 saturated carbocycles. The lowest BCUT2D eigenvalue weighted by Gasteiger charge is -2.03. The van der Waals surface area contributed by atoms with E-state index in [1.807, 2.05) is 5.37 Å². The van der Waals surface area contributed by atoms with Gasteiger partial charge in [-0.05, 0) is 25.3 Å². The van der Waals surface area contributed by atoms with Gasteiger partial charge in [0, 0.05) is 16.0 Å². The van der Waals surface area contributed by atoms with Crippen molar-refractivity contribution in [3.63, 3.8) is 0 Å². The molecular weight excluding hydrogens is 230 g/mol. The van der Waals surface area contributed by atoms with Crippen LogP contribution >= 0.6 is 0 Å². The number of unbranched alkanes of at least 4 members (excludes halogenated alkanes) is 9. The van der Waals surface area contributed by atoms with Crippen molar-refractivity contribution in [1.82, 2.24) is 4.72 Å².